The molecule has 26 heavy (non-hydrogen) atoms. The molecular formula is C21H23NO4. The first-order chi connectivity index (χ1) is 12.7. The second kappa shape index (κ2) is 8.63. The summed E-state index contributed by atoms with van der Waals surface area (Å²) in [7, 11) is 1.36. The first-order valence-electron chi connectivity index (χ1n) is 8.75. The minimum absolute atomic E-state index is 0.0215. The third-order valence-electron chi connectivity index (χ3n) is 4.63. The summed E-state index contributed by atoms with van der Waals surface area (Å²) in [6.07, 6.45) is 0.370. The van der Waals surface area contributed by atoms with E-state index in [1.54, 1.807) is 17.0 Å². The molecule has 5 heteroatoms. The number of ketones is 1. The molecule has 136 valence electrons. The van der Waals surface area contributed by atoms with Crippen molar-refractivity contribution in [3.63, 3.8) is 0 Å². The van der Waals surface area contributed by atoms with Gasteiger partial charge in [0.05, 0.1) is 26.4 Å². The molecular weight excluding hydrogens is 330 g/mol. The standard InChI is InChI=1S/C21H23NO4/c1-25-21(24)22-14-19(26-15-16-8-4-2-5-9-16)12-18(22)13-20(23)17-10-6-3-7-11-17/h2-11,18-19H,12-15H2,1H3/t18-,19-/m1/s1. The molecule has 1 amide bonds. The van der Waals surface area contributed by atoms with E-state index < -0.39 is 6.09 Å². The van der Waals surface area contributed by atoms with Crippen molar-refractivity contribution in [2.24, 2.45) is 0 Å². The van der Waals surface area contributed by atoms with E-state index in [1.807, 2.05) is 48.5 Å². The van der Waals surface area contributed by atoms with Crippen LogP contribution in [0.1, 0.15) is 28.8 Å². The fraction of sp³-hybridized carbons (Fsp3) is 0.333. The van der Waals surface area contributed by atoms with E-state index in [4.69, 9.17) is 9.47 Å². The van der Waals surface area contributed by atoms with E-state index in [-0.39, 0.29) is 24.3 Å². The molecule has 5 nitrogen and oxygen atoms in total. The van der Waals surface area contributed by atoms with Gasteiger partial charge in [-0.2, -0.15) is 0 Å². The summed E-state index contributed by atoms with van der Waals surface area (Å²) in [5, 5.41) is 0. The molecule has 0 saturated carbocycles. The minimum Gasteiger partial charge on any atom is -0.453 e. The highest BCUT2D eigenvalue weighted by molar-refractivity contribution is 5.96. The zero-order chi connectivity index (χ0) is 18.4. The third-order valence-corrected chi connectivity index (χ3v) is 4.63. The van der Waals surface area contributed by atoms with Crippen LogP contribution in [0.5, 0.6) is 0 Å². The molecule has 0 radical (unpaired) electrons. The van der Waals surface area contributed by atoms with Crippen LogP contribution in [-0.4, -0.2) is 42.6 Å². The van der Waals surface area contributed by atoms with E-state index in [0.717, 1.165) is 5.56 Å². The Bertz CT molecular complexity index is 732. The van der Waals surface area contributed by atoms with Crippen LogP contribution in [-0.2, 0) is 16.1 Å². The Morgan fingerprint density at radius 2 is 1.69 bits per heavy atom. The van der Waals surface area contributed by atoms with Crippen molar-refractivity contribution in [2.75, 3.05) is 13.7 Å². The lowest BCUT2D eigenvalue weighted by molar-refractivity contribution is 0.0454. The maximum absolute atomic E-state index is 12.5. The van der Waals surface area contributed by atoms with Crippen LogP contribution in [0.25, 0.3) is 0 Å². The molecule has 1 aliphatic rings. The first-order valence-corrected chi connectivity index (χ1v) is 8.75. The number of likely N-dealkylation sites (tertiary alicyclic amines) is 1. The number of ether oxygens (including phenoxy) is 2. The van der Waals surface area contributed by atoms with Gasteiger partial charge in [-0.15, -0.1) is 0 Å². The normalized spacial score (nSPS) is 19.3. The summed E-state index contributed by atoms with van der Waals surface area (Å²) < 4.78 is 10.9. The zero-order valence-corrected chi connectivity index (χ0v) is 14.8. The average molecular weight is 353 g/mol. The Balaban J connectivity index is 1.63. The molecule has 1 aliphatic heterocycles. The van der Waals surface area contributed by atoms with Gasteiger partial charge in [0.25, 0.3) is 0 Å². The highest BCUT2D eigenvalue weighted by Gasteiger charge is 2.37. The average Bonchev–Trinajstić information content (AvgIpc) is 3.10. The molecule has 0 spiro atoms. The zero-order valence-electron chi connectivity index (χ0n) is 14.8. The molecule has 1 fully saturated rings. The summed E-state index contributed by atoms with van der Waals surface area (Å²) in [4.78, 5) is 26.2. The minimum atomic E-state index is -0.415. The number of rotatable bonds is 6. The fourth-order valence-electron chi connectivity index (χ4n) is 3.27. The van der Waals surface area contributed by atoms with Crippen molar-refractivity contribution in [3.05, 3.63) is 71.8 Å². The van der Waals surface area contributed by atoms with Gasteiger partial charge < -0.3 is 14.4 Å². The number of nitrogens with zero attached hydrogens (tertiary/aromatic N) is 1. The largest absolute Gasteiger partial charge is 0.453 e. The number of benzene rings is 2. The van der Waals surface area contributed by atoms with Crippen LogP contribution in [0.15, 0.2) is 60.7 Å². The summed E-state index contributed by atoms with van der Waals surface area (Å²) >= 11 is 0. The van der Waals surface area contributed by atoms with Crippen LogP contribution in [0.3, 0.4) is 0 Å². The van der Waals surface area contributed by atoms with Crippen molar-refractivity contribution < 1.29 is 19.1 Å². The maximum Gasteiger partial charge on any atom is 0.409 e. The number of hydrogen-bond donors (Lipinski definition) is 0. The lowest BCUT2D eigenvalue weighted by atomic mass is 10.0. The maximum atomic E-state index is 12.5. The molecule has 0 unspecified atom stereocenters. The summed E-state index contributed by atoms with van der Waals surface area (Å²) in [5.74, 6) is 0.0215. The van der Waals surface area contributed by atoms with Crippen molar-refractivity contribution in [1.82, 2.24) is 4.90 Å². The van der Waals surface area contributed by atoms with Crippen LogP contribution < -0.4 is 0 Å². The summed E-state index contributed by atoms with van der Waals surface area (Å²) in [5.41, 5.74) is 1.74. The molecule has 2 aromatic carbocycles. The van der Waals surface area contributed by atoms with Crippen LogP contribution in [0, 0.1) is 0 Å². The molecule has 2 aromatic rings. The molecule has 0 aliphatic carbocycles. The lowest BCUT2D eigenvalue weighted by Crippen LogP contribution is -2.37. The van der Waals surface area contributed by atoms with Gasteiger partial charge in [-0.3, -0.25) is 4.79 Å². The van der Waals surface area contributed by atoms with E-state index in [9.17, 15) is 9.59 Å². The molecule has 0 bridgehead atoms. The number of methoxy groups -OCH3 is 1. The van der Waals surface area contributed by atoms with Crippen molar-refractivity contribution in [3.8, 4) is 0 Å². The van der Waals surface area contributed by atoms with Crippen molar-refractivity contribution >= 4 is 11.9 Å². The molecule has 0 aromatic heterocycles. The van der Waals surface area contributed by atoms with Crippen LogP contribution in [0.4, 0.5) is 4.79 Å². The van der Waals surface area contributed by atoms with Gasteiger partial charge in [0.15, 0.2) is 5.78 Å². The van der Waals surface area contributed by atoms with E-state index in [0.29, 0.717) is 25.1 Å². The number of Topliss-reactive ketones (excluding diaryl/α,β-unsaturated/α-hetero) is 1. The van der Waals surface area contributed by atoms with Crippen molar-refractivity contribution in [2.45, 2.75) is 31.6 Å². The Labute approximate surface area is 153 Å². The van der Waals surface area contributed by atoms with Gasteiger partial charge in [-0.05, 0) is 12.0 Å². The van der Waals surface area contributed by atoms with Gasteiger partial charge in [0, 0.05) is 18.0 Å². The molecule has 1 saturated heterocycles. The predicted octanol–water partition coefficient (Wildman–Crippen LogP) is 3.69. The number of hydrogen-bond acceptors (Lipinski definition) is 4. The van der Waals surface area contributed by atoms with Crippen LogP contribution in [0.2, 0.25) is 0 Å². The van der Waals surface area contributed by atoms with Gasteiger partial charge in [0.2, 0.25) is 0 Å². The molecule has 2 atom stereocenters. The Morgan fingerprint density at radius 1 is 1.04 bits per heavy atom. The first kappa shape index (κ1) is 18.1. The van der Waals surface area contributed by atoms with Gasteiger partial charge in [-0.25, -0.2) is 4.79 Å². The van der Waals surface area contributed by atoms with E-state index in [1.165, 1.54) is 7.11 Å². The quantitative estimate of drug-likeness (QED) is 0.743. The van der Waals surface area contributed by atoms with E-state index >= 15 is 0 Å². The van der Waals surface area contributed by atoms with Crippen LogP contribution >= 0.6 is 0 Å². The summed E-state index contributed by atoms with van der Waals surface area (Å²) in [6, 6.07) is 18.8. The topological polar surface area (TPSA) is 55.8 Å². The second-order valence-corrected chi connectivity index (χ2v) is 6.42. The lowest BCUT2D eigenvalue weighted by Gasteiger charge is -2.22. The molecule has 1 heterocycles. The highest BCUT2D eigenvalue weighted by Crippen LogP contribution is 2.26. The number of amides is 1. The van der Waals surface area contributed by atoms with Gasteiger partial charge >= 0.3 is 6.09 Å². The second-order valence-electron chi connectivity index (χ2n) is 6.42. The number of carbonyl (C=O) groups is 2. The smallest absolute Gasteiger partial charge is 0.409 e. The Morgan fingerprint density at radius 3 is 2.35 bits per heavy atom. The highest BCUT2D eigenvalue weighted by atomic mass is 16.5. The summed E-state index contributed by atoms with van der Waals surface area (Å²) in [6.45, 7) is 0.923. The molecule has 3 rings (SSSR count). The number of carbonyl (C=O) groups excluding carboxylic acids is 2. The predicted molar refractivity (Wildman–Crippen MR) is 97.9 cm³/mol. The molecule has 0 N–H and O–H groups in total. The third kappa shape index (κ3) is 4.49. The SMILES string of the molecule is COC(=O)N1C[C@H](OCc2ccccc2)C[C@@H]1CC(=O)c1ccccc1. The van der Waals surface area contributed by atoms with Crippen molar-refractivity contribution in [1.29, 1.82) is 0 Å². The fourth-order valence-corrected chi connectivity index (χ4v) is 3.27. The monoisotopic (exact) mass is 353 g/mol. The Kier molecular flexibility index (Phi) is 6.02. The van der Waals surface area contributed by atoms with Gasteiger partial charge in [0.1, 0.15) is 0 Å². The van der Waals surface area contributed by atoms with E-state index in [2.05, 4.69) is 0 Å². The Hall–Kier alpha value is -2.66. The van der Waals surface area contributed by atoms with Gasteiger partial charge in [-0.1, -0.05) is 60.7 Å².